The lowest BCUT2D eigenvalue weighted by molar-refractivity contribution is -0.887. The maximum Gasteiger partial charge on any atom is 0.362 e. The van der Waals surface area contributed by atoms with E-state index in [0.29, 0.717) is 19.3 Å². The van der Waals surface area contributed by atoms with Crippen molar-refractivity contribution in [2.75, 3.05) is 41.0 Å². The Hall–Kier alpha value is -3.75. The summed E-state index contributed by atoms with van der Waals surface area (Å²) in [5, 5.41) is 9.63. The van der Waals surface area contributed by atoms with Crippen LogP contribution >= 0.6 is 0 Å². The summed E-state index contributed by atoms with van der Waals surface area (Å²) in [6, 6.07) is -0.627. The predicted octanol–water partition coefficient (Wildman–Crippen LogP) is 13.1. The summed E-state index contributed by atoms with van der Waals surface area (Å²) >= 11 is 0. The minimum absolute atomic E-state index is 0.0408. The molecule has 0 fully saturated rings. The summed E-state index contributed by atoms with van der Waals surface area (Å²) in [6.45, 7) is 4.45. The Kier molecular flexibility index (Phi) is 39.3. The zero-order valence-corrected chi connectivity index (χ0v) is 38.6. The van der Waals surface area contributed by atoms with E-state index in [0.717, 1.165) is 109 Å². The maximum absolute atomic E-state index is 12.7. The summed E-state index contributed by atoms with van der Waals surface area (Å²) in [5.41, 5.74) is 0. The smallest absolute Gasteiger partial charge is 0.362 e. The Morgan fingerprint density at radius 3 is 1.32 bits per heavy atom. The van der Waals surface area contributed by atoms with Crippen LogP contribution in [-0.4, -0.2) is 80.6 Å². The molecule has 60 heavy (non-hydrogen) atoms. The highest BCUT2D eigenvalue weighted by molar-refractivity contribution is 5.72. The Bertz CT molecular complexity index is 1300. The van der Waals surface area contributed by atoms with Gasteiger partial charge in [-0.15, -0.1) is 0 Å². The molecule has 340 valence electrons. The standard InChI is InChI=1S/C52H85NO7/c1-6-8-10-12-14-16-18-20-22-23-24-25-26-27-28-29-31-32-34-36-38-40-42-50(54)59-47-48(46-58-45-44-49(52(56)57)53(3,4)5)60-51(55)43-41-39-37-35-33-30-21-19-17-15-13-11-9-7-2/h8-11,14-17,20,22,24-25,27-28,31-32,48-49H,6-7,12-13,18-19,21,23,26,29-30,33-47H2,1-5H3/p+1/b10-8+,11-9+,16-14+,17-15+,22-20+,25-24+,28-27+,32-31+. The molecule has 0 saturated heterocycles. The van der Waals surface area contributed by atoms with Gasteiger partial charge in [0.2, 0.25) is 0 Å². The minimum atomic E-state index is -0.886. The van der Waals surface area contributed by atoms with E-state index in [1.54, 1.807) is 0 Å². The van der Waals surface area contributed by atoms with Crippen LogP contribution < -0.4 is 0 Å². The summed E-state index contributed by atoms with van der Waals surface area (Å²) in [4.78, 5) is 37.0. The minimum Gasteiger partial charge on any atom is -0.477 e. The highest BCUT2D eigenvalue weighted by Crippen LogP contribution is 2.13. The van der Waals surface area contributed by atoms with Crippen LogP contribution in [0.3, 0.4) is 0 Å². The van der Waals surface area contributed by atoms with Crippen molar-refractivity contribution in [3.8, 4) is 0 Å². The molecule has 0 spiro atoms. The van der Waals surface area contributed by atoms with Gasteiger partial charge in [-0.3, -0.25) is 9.59 Å². The molecule has 0 aliphatic carbocycles. The van der Waals surface area contributed by atoms with Crippen molar-refractivity contribution in [3.05, 3.63) is 97.2 Å². The van der Waals surface area contributed by atoms with Crippen molar-refractivity contribution in [2.45, 2.75) is 174 Å². The molecule has 8 nitrogen and oxygen atoms in total. The molecule has 0 saturated carbocycles. The van der Waals surface area contributed by atoms with Crippen LogP contribution in [0.1, 0.15) is 162 Å². The molecule has 0 rings (SSSR count). The van der Waals surface area contributed by atoms with Gasteiger partial charge in [0, 0.05) is 19.3 Å². The molecule has 2 unspecified atom stereocenters. The third-order valence-corrected chi connectivity index (χ3v) is 9.73. The number of quaternary nitrogens is 1. The number of hydrogen-bond donors (Lipinski definition) is 1. The summed E-state index contributed by atoms with van der Waals surface area (Å²) < 4.78 is 17.3. The molecule has 0 heterocycles. The molecule has 0 bridgehead atoms. The number of nitrogens with zero attached hydrogens (tertiary/aromatic N) is 1. The highest BCUT2D eigenvalue weighted by atomic mass is 16.6. The second-order valence-electron chi connectivity index (χ2n) is 16.2. The number of rotatable bonds is 40. The number of unbranched alkanes of at least 4 members (excludes halogenated alkanes) is 10. The fraction of sp³-hybridized carbons (Fsp3) is 0.635. The van der Waals surface area contributed by atoms with Gasteiger partial charge in [-0.1, -0.05) is 150 Å². The van der Waals surface area contributed by atoms with Crippen molar-refractivity contribution in [3.63, 3.8) is 0 Å². The first-order valence-corrected chi connectivity index (χ1v) is 23.3. The van der Waals surface area contributed by atoms with Gasteiger partial charge in [0.15, 0.2) is 12.1 Å². The summed E-state index contributed by atoms with van der Waals surface area (Å²) in [5.74, 6) is -1.53. The number of likely N-dealkylation sites (N-methyl/N-ethyl adjacent to an activating group) is 1. The van der Waals surface area contributed by atoms with E-state index in [9.17, 15) is 19.5 Å². The first-order valence-electron chi connectivity index (χ1n) is 23.3. The molecule has 0 amide bonds. The van der Waals surface area contributed by atoms with E-state index >= 15 is 0 Å². The monoisotopic (exact) mass is 837 g/mol. The van der Waals surface area contributed by atoms with Crippen LogP contribution in [0, 0.1) is 0 Å². The topological polar surface area (TPSA) is 99.1 Å². The van der Waals surface area contributed by atoms with Gasteiger partial charge in [0.25, 0.3) is 0 Å². The first kappa shape index (κ1) is 56.2. The van der Waals surface area contributed by atoms with Crippen LogP contribution in [0.15, 0.2) is 97.2 Å². The van der Waals surface area contributed by atoms with Gasteiger partial charge in [0.05, 0.1) is 34.4 Å². The van der Waals surface area contributed by atoms with E-state index in [1.807, 2.05) is 21.1 Å². The Balaban J connectivity index is 4.39. The summed E-state index contributed by atoms with van der Waals surface area (Å²) in [6.07, 6.45) is 56.0. The number of carboxylic acid groups (broad SMARTS) is 1. The van der Waals surface area contributed by atoms with Gasteiger partial charge in [-0.2, -0.15) is 0 Å². The molecule has 8 heteroatoms. The van der Waals surface area contributed by atoms with Crippen molar-refractivity contribution in [2.24, 2.45) is 0 Å². The van der Waals surface area contributed by atoms with Crippen LogP contribution in [0.5, 0.6) is 0 Å². The Morgan fingerprint density at radius 2 is 0.883 bits per heavy atom. The molecule has 0 aromatic rings. The zero-order valence-electron chi connectivity index (χ0n) is 38.6. The number of aliphatic carboxylic acids is 1. The number of carbonyl (C=O) groups excluding carboxylic acids is 2. The van der Waals surface area contributed by atoms with Gasteiger partial charge < -0.3 is 23.8 Å². The number of esters is 2. The van der Waals surface area contributed by atoms with E-state index < -0.39 is 18.1 Å². The van der Waals surface area contributed by atoms with Gasteiger partial charge in [-0.25, -0.2) is 4.79 Å². The van der Waals surface area contributed by atoms with Crippen molar-refractivity contribution in [1.29, 1.82) is 0 Å². The lowest BCUT2D eigenvalue weighted by Gasteiger charge is -2.31. The maximum atomic E-state index is 12.7. The van der Waals surface area contributed by atoms with Crippen LogP contribution in [0.2, 0.25) is 0 Å². The molecular weight excluding hydrogens is 751 g/mol. The van der Waals surface area contributed by atoms with Gasteiger partial charge in [0.1, 0.15) is 6.61 Å². The SMILES string of the molecule is CC/C=C/C/C=C/C/C=C/C/C=C/C/C=C/C/C=C/CCCCCC(=O)OCC(COCCC(C(=O)O)[N+](C)(C)C)OC(=O)CCCCCCCCC/C=C/C/C=C/CC. The molecule has 0 aromatic carbocycles. The lowest BCUT2D eigenvalue weighted by Crippen LogP contribution is -2.50. The molecule has 0 aliphatic rings. The Morgan fingerprint density at radius 1 is 0.500 bits per heavy atom. The van der Waals surface area contributed by atoms with Gasteiger partial charge in [-0.05, 0) is 89.9 Å². The van der Waals surface area contributed by atoms with Crippen molar-refractivity contribution >= 4 is 17.9 Å². The van der Waals surface area contributed by atoms with Gasteiger partial charge >= 0.3 is 17.9 Å². The van der Waals surface area contributed by atoms with E-state index in [2.05, 4.69) is 111 Å². The normalized spacial score (nSPS) is 13.8. The molecule has 1 N–H and O–H groups in total. The lowest BCUT2D eigenvalue weighted by atomic mass is 10.1. The quantitative estimate of drug-likeness (QED) is 0.0284. The molecule has 2 atom stereocenters. The van der Waals surface area contributed by atoms with Crippen molar-refractivity contribution in [1.82, 2.24) is 0 Å². The van der Waals surface area contributed by atoms with Crippen molar-refractivity contribution < 1.29 is 38.2 Å². The van der Waals surface area contributed by atoms with E-state index in [1.165, 1.54) is 19.3 Å². The third kappa shape index (κ3) is 39.7. The van der Waals surface area contributed by atoms with Crippen LogP contribution in [0.4, 0.5) is 0 Å². The fourth-order valence-electron chi connectivity index (χ4n) is 6.19. The van der Waals surface area contributed by atoms with E-state index in [-0.39, 0.29) is 36.2 Å². The number of ether oxygens (including phenoxy) is 3. The molecule has 0 aliphatic heterocycles. The van der Waals surface area contributed by atoms with Crippen LogP contribution in [0.25, 0.3) is 0 Å². The fourth-order valence-corrected chi connectivity index (χ4v) is 6.19. The van der Waals surface area contributed by atoms with Crippen LogP contribution in [-0.2, 0) is 28.6 Å². The number of carboxylic acids is 1. The third-order valence-electron chi connectivity index (χ3n) is 9.73. The predicted molar refractivity (Wildman–Crippen MR) is 252 cm³/mol. The second kappa shape index (κ2) is 42.0. The largest absolute Gasteiger partial charge is 0.477 e. The highest BCUT2D eigenvalue weighted by Gasteiger charge is 2.31. The molecule has 0 radical (unpaired) electrons. The number of carbonyl (C=O) groups is 3. The number of allylic oxidation sites excluding steroid dienone is 16. The zero-order chi connectivity index (χ0) is 44.2. The number of hydrogen-bond acceptors (Lipinski definition) is 6. The summed E-state index contributed by atoms with van der Waals surface area (Å²) in [7, 11) is 5.50. The second-order valence-corrected chi connectivity index (χ2v) is 16.2. The molecule has 0 aromatic heterocycles. The Labute approximate surface area is 366 Å². The van der Waals surface area contributed by atoms with E-state index in [4.69, 9.17) is 14.2 Å². The average Bonchev–Trinajstić information content (AvgIpc) is 3.21. The average molecular weight is 837 g/mol. The molecular formula is C52H86NO7+. The first-order chi connectivity index (χ1) is 29.1.